The molecule has 3 rings (SSSR count). The van der Waals surface area contributed by atoms with Crippen molar-refractivity contribution in [3.63, 3.8) is 0 Å². The van der Waals surface area contributed by atoms with Crippen LogP contribution in [0.25, 0.3) is 0 Å². The average Bonchev–Trinajstić information content (AvgIpc) is 2.69. The molecule has 1 heterocycles. The smallest absolute Gasteiger partial charge is 0.310 e. The van der Waals surface area contributed by atoms with Crippen LogP contribution >= 0.6 is 11.8 Å². The van der Waals surface area contributed by atoms with Crippen LogP contribution in [0.15, 0.2) is 82.8 Å². The number of carboxylic acids is 1. The number of anilines is 1. The molecular weight excluding hydrogens is 360 g/mol. The number of pyridine rings is 1. The fraction of sp³-hybridized carbons (Fsp3) is 0.0952. The predicted octanol–water partition coefficient (Wildman–Crippen LogP) is 4.67. The number of nitrogens with one attached hydrogen (secondary N) is 1. The van der Waals surface area contributed by atoms with Gasteiger partial charge in [0.2, 0.25) is 0 Å². The lowest BCUT2D eigenvalue weighted by Gasteiger charge is -2.11. The molecule has 1 unspecified atom stereocenters. The first kappa shape index (κ1) is 18.7. The van der Waals surface area contributed by atoms with E-state index in [1.54, 1.807) is 49.5 Å². The highest BCUT2D eigenvalue weighted by Gasteiger charge is 2.15. The van der Waals surface area contributed by atoms with Gasteiger partial charge in [-0.1, -0.05) is 42.1 Å². The Bertz CT molecular complexity index is 943. The van der Waals surface area contributed by atoms with Gasteiger partial charge in [-0.25, -0.2) is 4.98 Å². The fourth-order valence-corrected chi connectivity index (χ4v) is 3.34. The number of hydrogen-bond acceptors (Lipinski definition) is 4. The summed E-state index contributed by atoms with van der Waals surface area (Å²) in [6, 6.07) is 20.0. The number of carbonyl (C=O) groups is 2. The van der Waals surface area contributed by atoms with Crippen LogP contribution in [0, 0.1) is 0 Å². The highest BCUT2D eigenvalue weighted by molar-refractivity contribution is 7.99. The van der Waals surface area contributed by atoms with Gasteiger partial charge in [-0.05, 0) is 48.9 Å². The molecule has 1 amide bonds. The van der Waals surface area contributed by atoms with Gasteiger partial charge >= 0.3 is 5.97 Å². The molecule has 0 radical (unpaired) electrons. The van der Waals surface area contributed by atoms with E-state index in [1.807, 2.05) is 30.3 Å². The minimum atomic E-state index is -0.885. The normalized spacial score (nSPS) is 11.6. The number of benzene rings is 2. The van der Waals surface area contributed by atoms with Crippen LogP contribution in [0.2, 0.25) is 0 Å². The van der Waals surface area contributed by atoms with Gasteiger partial charge in [-0.15, -0.1) is 0 Å². The van der Waals surface area contributed by atoms with Crippen molar-refractivity contribution in [2.24, 2.45) is 0 Å². The van der Waals surface area contributed by atoms with Gasteiger partial charge in [0.05, 0.1) is 11.5 Å². The zero-order valence-corrected chi connectivity index (χ0v) is 15.4. The predicted molar refractivity (Wildman–Crippen MR) is 105 cm³/mol. The summed E-state index contributed by atoms with van der Waals surface area (Å²) in [6.07, 6.45) is 1.66. The summed E-state index contributed by atoms with van der Waals surface area (Å²) >= 11 is 1.43. The molecule has 1 atom stereocenters. The number of carboxylic acid groups (broad SMARTS) is 1. The van der Waals surface area contributed by atoms with Crippen molar-refractivity contribution in [3.05, 3.63) is 84.1 Å². The first-order valence-electron chi connectivity index (χ1n) is 8.36. The maximum absolute atomic E-state index is 12.7. The third-order valence-electron chi connectivity index (χ3n) is 4.01. The van der Waals surface area contributed by atoms with Gasteiger partial charge < -0.3 is 10.4 Å². The van der Waals surface area contributed by atoms with E-state index in [0.717, 1.165) is 4.90 Å². The highest BCUT2D eigenvalue weighted by Crippen LogP contribution is 2.29. The van der Waals surface area contributed by atoms with Crippen molar-refractivity contribution in [3.8, 4) is 0 Å². The molecular formula is C21H18N2O3S. The fourth-order valence-electron chi connectivity index (χ4n) is 2.44. The lowest BCUT2D eigenvalue weighted by Crippen LogP contribution is -2.14. The summed E-state index contributed by atoms with van der Waals surface area (Å²) in [5, 5.41) is 12.5. The lowest BCUT2D eigenvalue weighted by atomic mass is 10.0. The first-order chi connectivity index (χ1) is 13.0. The van der Waals surface area contributed by atoms with E-state index < -0.39 is 11.9 Å². The molecule has 1 aromatic heterocycles. The van der Waals surface area contributed by atoms with Crippen LogP contribution in [0.4, 0.5) is 5.69 Å². The van der Waals surface area contributed by atoms with Crippen molar-refractivity contribution in [2.45, 2.75) is 22.8 Å². The Morgan fingerprint density at radius 2 is 1.70 bits per heavy atom. The maximum Gasteiger partial charge on any atom is 0.310 e. The molecule has 0 fully saturated rings. The van der Waals surface area contributed by atoms with Gasteiger partial charge in [-0.2, -0.15) is 0 Å². The Morgan fingerprint density at radius 3 is 2.37 bits per heavy atom. The molecule has 136 valence electrons. The minimum absolute atomic E-state index is 0.263. The van der Waals surface area contributed by atoms with E-state index in [0.29, 0.717) is 21.8 Å². The number of amides is 1. The second-order valence-electron chi connectivity index (χ2n) is 5.91. The molecule has 0 saturated heterocycles. The van der Waals surface area contributed by atoms with Gasteiger partial charge in [0, 0.05) is 16.8 Å². The van der Waals surface area contributed by atoms with E-state index in [4.69, 9.17) is 5.11 Å². The SMILES string of the molecule is CC(C(=O)O)c1ccc(NC(=O)c2cccnc2Sc2ccccc2)cc1. The summed E-state index contributed by atoms with van der Waals surface area (Å²) in [5.74, 6) is -1.74. The number of hydrogen-bond donors (Lipinski definition) is 2. The summed E-state index contributed by atoms with van der Waals surface area (Å²) in [5.41, 5.74) is 1.76. The summed E-state index contributed by atoms with van der Waals surface area (Å²) in [6.45, 7) is 1.62. The van der Waals surface area contributed by atoms with Crippen molar-refractivity contribution in [1.82, 2.24) is 4.98 Å². The van der Waals surface area contributed by atoms with Crippen molar-refractivity contribution >= 4 is 29.3 Å². The highest BCUT2D eigenvalue weighted by atomic mass is 32.2. The number of rotatable bonds is 6. The zero-order chi connectivity index (χ0) is 19.2. The second kappa shape index (κ2) is 8.51. The molecule has 0 aliphatic rings. The van der Waals surface area contributed by atoms with Crippen LogP contribution in [0.5, 0.6) is 0 Å². The van der Waals surface area contributed by atoms with Gasteiger partial charge in [0.15, 0.2) is 0 Å². The number of aromatic nitrogens is 1. The van der Waals surface area contributed by atoms with Crippen LogP contribution in [0.3, 0.4) is 0 Å². The van der Waals surface area contributed by atoms with Crippen LogP contribution < -0.4 is 5.32 Å². The number of nitrogens with zero attached hydrogens (tertiary/aromatic N) is 1. The third-order valence-corrected chi connectivity index (χ3v) is 5.04. The zero-order valence-electron chi connectivity index (χ0n) is 14.6. The monoisotopic (exact) mass is 378 g/mol. The van der Waals surface area contributed by atoms with Crippen LogP contribution in [0.1, 0.15) is 28.8 Å². The maximum atomic E-state index is 12.7. The van der Waals surface area contributed by atoms with E-state index in [2.05, 4.69) is 10.3 Å². The Kier molecular flexibility index (Phi) is 5.88. The lowest BCUT2D eigenvalue weighted by molar-refractivity contribution is -0.138. The molecule has 2 N–H and O–H groups in total. The van der Waals surface area contributed by atoms with E-state index in [-0.39, 0.29) is 5.91 Å². The number of aliphatic carboxylic acids is 1. The van der Waals surface area contributed by atoms with E-state index in [1.165, 1.54) is 11.8 Å². The van der Waals surface area contributed by atoms with Crippen LogP contribution in [-0.2, 0) is 4.79 Å². The van der Waals surface area contributed by atoms with Crippen molar-refractivity contribution in [2.75, 3.05) is 5.32 Å². The molecule has 6 heteroatoms. The van der Waals surface area contributed by atoms with Gasteiger partial charge in [-0.3, -0.25) is 9.59 Å². The van der Waals surface area contributed by atoms with E-state index in [9.17, 15) is 9.59 Å². The molecule has 0 aliphatic heterocycles. The molecule has 0 spiro atoms. The van der Waals surface area contributed by atoms with Crippen molar-refractivity contribution < 1.29 is 14.7 Å². The minimum Gasteiger partial charge on any atom is -0.481 e. The topological polar surface area (TPSA) is 79.3 Å². The quantitative estimate of drug-likeness (QED) is 0.651. The van der Waals surface area contributed by atoms with Gasteiger partial charge in [0.25, 0.3) is 5.91 Å². The molecule has 0 saturated carbocycles. The third kappa shape index (κ3) is 4.74. The first-order valence-corrected chi connectivity index (χ1v) is 9.18. The van der Waals surface area contributed by atoms with Crippen LogP contribution in [-0.4, -0.2) is 22.0 Å². The summed E-state index contributed by atoms with van der Waals surface area (Å²) < 4.78 is 0. The molecule has 3 aromatic rings. The molecule has 0 bridgehead atoms. The van der Waals surface area contributed by atoms with Gasteiger partial charge in [0.1, 0.15) is 5.03 Å². The Labute approximate surface area is 161 Å². The Hall–Kier alpha value is -3.12. The molecule has 27 heavy (non-hydrogen) atoms. The molecule has 2 aromatic carbocycles. The average molecular weight is 378 g/mol. The largest absolute Gasteiger partial charge is 0.481 e. The molecule has 0 aliphatic carbocycles. The Balaban J connectivity index is 1.76. The second-order valence-corrected chi connectivity index (χ2v) is 6.97. The summed E-state index contributed by atoms with van der Waals surface area (Å²) in [7, 11) is 0. The van der Waals surface area contributed by atoms with Crippen molar-refractivity contribution in [1.29, 1.82) is 0 Å². The summed E-state index contributed by atoms with van der Waals surface area (Å²) in [4.78, 5) is 29.1. The molecule has 5 nitrogen and oxygen atoms in total. The standard InChI is InChI=1S/C21H18N2O3S/c1-14(21(25)26)15-9-11-16(12-10-15)23-19(24)18-8-5-13-22-20(18)27-17-6-3-2-4-7-17/h2-14H,1H3,(H,23,24)(H,25,26). The number of carbonyl (C=O) groups excluding carboxylic acids is 1. The van der Waals surface area contributed by atoms with E-state index >= 15 is 0 Å². The Morgan fingerprint density at radius 1 is 1.00 bits per heavy atom.